The second-order valence-corrected chi connectivity index (χ2v) is 5.89. The number of thioether (sulfide) groups is 1. The van der Waals surface area contributed by atoms with E-state index in [1.54, 1.807) is 12.1 Å². The molecule has 0 atom stereocenters. The standard InChI is InChI=1S/C13H18FNO2S/c1-13(2,3)17-11(16)8-18-7-9-5-4-6-10(15)12(9)14/h4-6H,7-8,15H2,1-3H3. The molecule has 0 saturated carbocycles. The topological polar surface area (TPSA) is 52.3 Å². The molecule has 0 bridgehead atoms. The van der Waals surface area contributed by atoms with Crippen LogP contribution in [0.1, 0.15) is 26.3 Å². The van der Waals surface area contributed by atoms with E-state index in [1.165, 1.54) is 17.8 Å². The fourth-order valence-electron chi connectivity index (χ4n) is 1.33. The van der Waals surface area contributed by atoms with E-state index in [4.69, 9.17) is 10.5 Å². The highest BCUT2D eigenvalue weighted by Crippen LogP contribution is 2.20. The molecule has 5 heteroatoms. The van der Waals surface area contributed by atoms with Gasteiger partial charge in [-0.1, -0.05) is 12.1 Å². The van der Waals surface area contributed by atoms with E-state index < -0.39 is 11.4 Å². The summed E-state index contributed by atoms with van der Waals surface area (Å²) in [5.41, 5.74) is 5.61. The summed E-state index contributed by atoms with van der Waals surface area (Å²) in [5, 5.41) is 0. The molecule has 0 amide bonds. The van der Waals surface area contributed by atoms with Crippen molar-refractivity contribution in [3.8, 4) is 0 Å². The van der Waals surface area contributed by atoms with Crippen molar-refractivity contribution in [2.75, 3.05) is 11.5 Å². The lowest BCUT2D eigenvalue weighted by atomic mass is 10.2. The third kappa shape index (κ3) is 4.96. The fourth-order valence-corrected chi connectivity index (χ4v) is 2.10. The number of carbonyl (C=O) groups is 1. The third-order valence-corrected chi connectivity index (χ3v) is 2.96. The van der Waals surface area contributed by atoms with Crippen molar-refractivity contribution >= 4 is 23.4 Å². The summed E-state index contributed by atoms with van der Waals surface area (Å²) < 4.78 is 18.7. The van der Waals surface area contributed by atoms with Gasteiger partial charge in [-0.05, 0) is 32.4 Å². The average Bonchev–Trinajstić information content (AvgIpc) is 2.21. The summed E-state index contributed by atoms with van der Waals surface area (Å²) in [4.78, 5) is 11.4. The molecule has 0 aliphatic heterocycles. The van der Waals surface area contributed by atoms with E-state index in [1.807, 2.05) is 20.8 Å². The molecule has 0 spiro atoms. The van der Waals surface area contributed by atoms with Crippen LogP contribution in [0, 0.1) is 5.82 Å². The predicted molar refractivity (Wildman–Crippen MR) is 72.8 cm³/mol. The minimum atomic E-state index is -0.486. The first-order valence-electron chi connectivity index (χ1n) is 5.62. The van der Waals surface area contributed by atoms with Crippen LogP contribution in [0.15, 0.2) is 18.2 Å². The summed E-state index contributed by atoms with van der Waals surface area (Å²) in [5.74, 6) is -0.104. The first-order chi connectivity index (χ1) is 8.29. The maximum absolute atomic E-state index is 13.5. The number of carbonyl (C=O) groups excluding carboxylic acids is 1. The van der Waals surface area contributed by atoms with E-state index in [-0.39, 0.29) is 17.4 Å². The molecule has 1 aromatic rings. The fraction of sp³-hybridized carbons (Fsp3) is 0.462. The van der Waals surface area contributed by atoms with E-state index in [2.05, 4.69) is 0 Å². The molecule has 0 saturated heterocycles. The Bertz CT molecular complexity index is 429. The zero-order valence-corrected chi connectivity index (χ0v) is 11.6. The Morgan fingerprint density at radius 1 is 1.44 bits per heavy atom. The van der Waals surface area contributed by atoms with Crippen molar-refractivity contribution < 1.29 is 13.9 Å². The van der Waals surface area contributed by atoms with Crippen molar-refractivity contribution in [3.63, 3.8) is 0 Å². The highest BCUT2D eigenvalue weighted by Gasteiger charge is 2.16. The quantitative estimate of drug-likeness (QED) is 0.675. The van der Waals surface area contributed by atoms with Crippen molar-refractivity contribution in [1.29, 1.82) is 0 Å². The Hall–Kier alpha value is -1.23. The van der Waals surface area contributed by atoms with Crippen LogP contribution in [0.3, 0.4) is 0 Å². The lowest BCUT2D eigenvalue weighted by Gasteiger charge is -2.19. The smallest absolute Gasteiger partial charge is 0.316 e. The minimum absolute atomic E-state index is 0.130. The Kier molecular flexibility index (Phi) is 5.02. The van der Waals surface area contributed by atoms with Crippen molar-refractivity contribution in [3.05, 3.63) is 29.6 Å². The van der Waals surface area contributed by atoms with Crippen LogP contribution >= 0.6 is 11.8 Å². The number of rotatable bonds is 4. The maximum atomic E-state index is 13.5. The molecule has 0 fully saturated rings. The lowest BCUT2D eigenvalue weighted by Crippen LogP contribution is -2.24. The molecule has 0 aliphatic rings. The first kappa shape index (κ1) is 14.8. The Labute approximate surface area is 111 Å². The van der Waals surface area contributed by atoms with E-state index in [9.17, 15) is 9.18 Å². The Morgan fingerprint density at radius 3 is 2.72 bits per heavy atom. The molecule has 0 heterocycles. The number of hydrogen-bond acceptors (Lipinski definition) is 4. The maximum Gasteiger partial charge on any atom is 0.316 e. The molecule has 2 N–H and O–H groups in total. The highest BCUT2D eigenvalue weighted by molar-refractivity contribution is 7.99. The molecule has 18 heavy (non-hydrogen) atoms. The molecule has 100 valence electrons. The number of nitrogens with two attached hydrogens (primary N) is 1. The first-order valence-corrected chi connectivity index (χ1v) is 6.77. The van der Waals surface area contributed by atoms with Gasteiger partial charge in [-0.25, -0.2) is 4.39 Å². The SMILES string of the molecule is CC(C)(C)OC(=O)CSCc1cccc(N)c1F. The molecule has 0 aromatic heterocycles. The van der Waals surface area contributed by atoms with Gasteiger partial charge in [-0.2, -0.15) is 0 Å². The Balaban J connectivity index is 2.43. The Morgan fingerprint density at radius 2 is 2.11 bits per heavy atom. The van der Waals surface area contributed by atoms with Crippen LogP contribution in [-0.2, 0) is 15.3 Å². The van der Waals surface area contributed by atoms with Gasteiger partial charge >= 0.3 is 5.97 Å². The summed E-state index contributed by atoms with van der Waals surface area (Å²) in [6, 6.07) is 4.87. The van der Waals surface area contributed by atoms with Crippen LogP contribution in [0.5, 0.6) is 0 Å². The van der Waals surface area contributed by atoms with Crippen LogP contribution in [0.4, 0.5) is 10.1 Å². The van der Waals surface area contributed by atoms with Crippen LogP contribution in [0.2, 0.25) is 0 Å². The zero-order valence-electron chi connectivity index (χ0n) is 10.8. The van der Waals surface area contributed by atoms with Gasteiger partial charge in [0.25, 0.3) is 0 Å². The molecular formula is C13H18FNO2S. The summed E-state index contributed by atoms with van der Waals surface area (Å²) >= 11 is 1.31. The monoisotopic (exact) mass is 271 g/mol. The normalized spacial score (nSPS) is 11.3. The summed E-state index contributed by atoms with van der Waals surface area (Å²) in [6.07, 6.45) is 0. The lowest BCUT2D eigenvalue weighted by molar-refractivity contribution is -0.151. The molecule has 1 rings (SSSR count). The van der Waals surface area contributed by atoms with Crippen LogP contribution < -0.4 is 5.73 Å². The molecular weight excluding hydrogens is 253 g/mol. The molecule has 0 aliphatic carbocycles. The van der Waals surface area contributed by atoms with Gasteiger partial charge in [0.15, 0.2) is 0 Å². The average molecular weight is 271 g/mol. The molecule has 3 nitrogen and oxygen atoms in total. The summed E-state index contributed by atoms with van der Waals surface area (Å²) in [7, 11) is 0. The number of benzene rings is 1. The third-order valence-electron chi connectivity index (χ3n) is 2.01. The van der Waals surface area contributed by atoms with Crippen molar-refractivity contribution in [2.24, 2.45) is 0 Å². The predicted octanol–water partition coefficient (Wildman–Crippen LogP) is 2.98. The van der Waals surface area contributed by atoms with Crippen molar-refractivity contribution in [2.45, 2.75) is 32.1 Å². The van der Waals surface area contributed by atoms with Gasteiger partial charge in [-0.15, -0.1) is 11.8 Å². The van der Waals surface area contributed by atoms with Gasteiger partial charge in [0, 0.05) is 5.75 Å². The number of nitrogen functional groups attached to an aromatic ring is 1. The molecule has 0 unspecified atom stereocenters. The van der Waals surface area contributed by atoms with Crippen LogP contribution in [0.25, 0.3) is 0 Å². The van der Waals surface area contributed by atoms with E-state index in [0.29, 0.717) is 11.3 Å². The van der Waals surface area contributed by atoms with Gasteiger partial charge < -0.3 is 10.5 Å². The van der Waals surface area contributed by atoms with E-state index >= 15 is 0 Å². The van der Waals surface area contributed by atoms with Gasteiger partial charge in [-0.3, -0.25) is 4.79 Å². The largest absolute Gasteiger partial charge is 0.459 e. The zero-order chi connectivity index (χ0) is 13.8. The molecule has 0 radical (unpaired) electrons. The van der Waals surface area contributed by atoms with E-state index in [0.717, 1.165) is 0 Å². The number of hydrogen-bond donors (Lipinski definition) is 1. The van der Waals surface area contributed by atoms with Crippen molar-refractivity contribution in [1.82, 2.24) is 0 Å². The highest BCUT2D eigenvalue weighted by atomic mass is 32.2. The summed E-state index contributed by atoms with van der Waals surface area (Å²) in [6.45, 7) is 5.44. The molecule has 1 aromatic carbocycles. The van der Waals surface area contributed by atoms with Crippen LogP contribution in [-0.4, -0.2) is 17.3 Å². The number of anilines is 1. The minimum Gasteiger partial charge on any atom is -0.459 e. The number of ether oxygens (including phenoxy) is 1. The number of esters is 1. The second-order valence-electron chi connectivity index (χ2n) is 4.90. The second kappa shape index (κ2) is 6.09. The number of halogens is 1. The van der Waals surface area contributed by atoms with Gasteiger partial charge in [0.2, 0.25) is 0 Å². The van der Waals surface area contributed by atoms with Gasteiger partial charge in [0.05, 0.1) is 11.4 Å². The van der Waals surface area contributed by atoms with Gasteiger partial charge in [0.1, 0.15) is 11.4 Å².